The maximum Gasteiger partial charge on any atom is 0.238 e. The summed E-state index contributed by atoms with van der Waals surface area (Å²) in [6, 6.07) is 7.77. The number of para-hydroxylation sites is 2. The molecule has 1 aliphatic rings. The Labute approximate surface area is 109 Å². The number of nitrogens with one attached hydrogen (secondary N) is 3. The van der Waals surface area contributed by atoms with Gasteiger partial charge in [-0.1, -0.05) is 12.1 Å². The number of hydrogen-bond acceptors (Lipinski definition) is 4. The number of fused-ring (bicyclic) bond motifs is 1. The van der Waals surface area contributed by atoms with Crippen LogP contribution in [0.1, 0.15) is 5.82 Å². The van der Waals surface area contributed by atoms with Crippen molar-refractivity contribution in [2.75, 3.05) is 11.6 Å². The molecule has 1 aliphatic heterocycles. The van der Waals surface area contributed by atoms with Crippen LogP contribution in [0.4, 0.5) is 0 Å². The molecular weight excluding hydrogens is 248 g/mol. The van der Waals surface area contributed by atoms with Crippen LogP contribution < -0.4 is 10.6 Å². The van der Waals surface area contributed by atoms with E-state index in [1.165, 1.54) is 0 Å². The van der Waals surface area contributed by atoms with E-state index in [0.29, 0.717) is 6.54 Å². The number of rotatable bonds is 3. The van der Waals surface area contributed by atoms with Crippen molar-refractivity contribution >= 4 is 28.7 Å². The van der Waals surface area contributed by atoms with Crippen molar-refractivity contribution in [3.05, 3.63) is 30.1 Å². The van der Waals surface area contributed by atoms with E-state index in [9.17, 15) is 4.79 Å². The van der Waals surface area contributed by atoms with Gasteiger partial charge in [0.2, 0.25) is 5.91 Å². The van der Waals surface area contributed by atoms with Crippen molar-refractivity contribution in [1.82, 2.24) is 20.6 Å². The monoisotopic (exact) mass is 262 g/mol. The number of imidazole rings is 1. The van der Waals surface area contributed by atoms with Gasteiger partial charge in [0.15, 0.2) is 0 Å². The molecule has 3 N–H and O–H groups in total. The number of H-pyrrole nitrogens is 1. The lowest BCUT2D eigenvalue weighted by Gasteiger charge is -2.08. The normalized spacial score (nSPS) is 19.2. The van der Waals surface area contributed by atoms with Gasteiger partial charge in [0.25, 0.3) is 0 Å². The molecule has 94 valence electrons. The minimum atomic E-state index is -0.0700. The Hall–Kier alpha value is -1.53. The summed E-state index contributed by atoms with van der Waals surface area (Å²) in [4.78, 5) is 19.4. The summed E-state index contributed by atoms with van der Waals surface area (Å²) in [7, 11) is 0. The summed E-state index contributed by atoms with van der Waals surface area (Å²) in [5, 5.41) is 6.03. The quantitative estimate of drug-likeness (QED) is 0.766. The van der Waals surface area contributed by atoms with Gasteiger partial charge in [0.1, 0.15) is 5.82 Å². The topological polar surface area (TPSA) is 69.8 Å². The minimum absolute atomic E-state index is 0.0421. The van der Waals surface area contributed by atoms with E-state index < -0.39 is 0 Å². The highest BCUT2D eigenvalue weighted by Crippen LogP contribution is 2.11. The lowest BCUT2D eigenvalue weighted by atomic mass is 10.3. The van der Waals surface area contributed by atoms with Crippen molar-refractivity contribution in [3.8, 4) is 0 Å². The Kier molecular flexibility index (Phi) is 3.21. The highest BCUT2D eigenvalue weighted by molar-refractivity contribution is 7.99. The van der Waals surface area contributed by atoms with Crippen LogP contribution in [-0.4, -0.2) is 33.5 Å². The maximum absolute atomic E-state index is 11.8. The molecule has 1 aromatic heterocycles. The molecule has 1 unspecified atom stereocenters. The Bertz CT molecular complexity index is 529. The van der Waals surface area contributed by atoms with Crippen molar-refractivity contribution in [3.63, 3.8) is 0 Å². The van der Waals surface area contributed by atoms with E-state index in [-0.39, 0.29) is 11.9 Å². The van der Waals surface area contributed by atoms with E-state index >= 15 is 0 Å². The van der Waals surface area contributed by atoms with Crippen LogP contribution in [0.25, 0.3) is 11.0 Å². The first-order chi connectivity index (χ1) is 8.83. The van der Waals surface area contributed by atoms with Gasteiger partial charge < -0.3 is 10.3 Å². The third-order valence-electron chi connectivity index (χ3n) is 2.90. The van der Waals surface area contributed by atoms with Gasteiger partial charge in [0.05, 0.1) is 23.6 Å². The Balaban J connectivity index is 1.63. The third-order valence-corrected chi connectivity index (χ3v) is 3.84. The first-order valence-electron chi connectivity index (χ1n) is 5.85. The molecule has 0 saturated carbocycles. The van der Waals surface area contributed by atoms with Crippen LogP contribution in [0, 0.1) is 0 Å². The number of carbonyl (C=O) groups excluding carboxylic acids is 1. The zero-order valence-corrected chi connectivity index (χ0v) is 10.6. The third kappa shape index (κ3) is 2.34. The lowest BCUT2D eigenvalue weighted by molar-refractivity contribution is -0.122. The van der Waals surface area contributed by atoms with Crippen LogP contribution in [0.2, 0.25) is 0 Å². The summed E-state index contributed by atoms with van der Waals surface area (Å²) >= 11 is 1.74. The molecule has 0 spiro atoms. The molecular formula is C12H14N4OS. The second-order valence-corrected chi connectivity index (χ2v) is 5.22. The molecule has 18 heavy (non-hydrogen) atoms. The second kappa shape index (κ2) is 4.99. The lowest BCUT2D eigenvalue weighted by Crippen LogP contribution is -2.41. The predicted octanol–water partition coefficient (Wildman–Crippen LogP) is 0.842. The second-order valence-electron chi connectivity index (χ2n) is 4.19. The summed E-state index contributed by atoms with van der Waals surface area (Å²) < 4.78 is 0. The molecule has 0 aliphatic carbocycles. The van der Waals surface area contributed by atoms with Gasteiger partial charge in [-0.05, 0) is 12.1 Å². The number of thioether (sulfide) groups is 1. The molecule has 1 amide bonds. The molecule has 2 heterocycles. The molecule has 1 atom stereocenters. The molecule has 1 aromatic carbocycles. The fourth-order valence-electron chi connectivity index (χ4n) is 1.95. The molecule has 0 radical (unpaired) electrons. The number of nitrogens with zero attached hydrogens (tertiary/aromatic N) is 1. The Morgan fingerprint density at radius 2 is 2.39 bits per heavy atom. The fraction of sp³-hybridized carbons (Fsp3) is 0.333. The van der Waals surface area contributed by atoms with E-state index in [2.05, 4.69) is 20.6 Å². The molecule has 0 bridgehead atoms. The highest BCUT2D eigenvalue weighted by atomic mass is 32.2. The average molecular weight is 262 g/mol. The van der Waals surface area contributed by atoms with Crippen LogP contribution in [-0.2, 0) is 11.3 Å². The summed E-state index contributed by atoms with van der Waals surface area (Å²) in [5.74, 6) is 2.52. The molecule has 6 heteroatoms. The summed E-state index contributed by atoms with van der Waals surface area (Å²) in [6.07, 6.45) is 0. The minimum Gasteiger partial charge on any atom is -0.347 e. The van der Waals surface area contributed by atoms with E-state index in [1.807, 2.05) is 24.3 Å². The number of carbonyl (C=O) groups is 1. The van der Waals surface area contributed by atoms with E-state index in [0.717, 1.165) is 28.5 Å². The first kappa shape index (κ1) is 11.6. The largest absolute Gasteiger partial charge is 0.347 e. The van der Waals surface area contributed by atoms with E-state index in [4.69, 9.17) is 0 Å². The van der Waals surface area contributed by atoms with Crippen molar-refractivity contribution in [1.29, 1.82) is 0 Å². The van der Waals surface area contributed by atoms with Crippen molar-refractivity contribution < 1.29 is 4.79 Å². The standard InChI is InChI=1S/C12H14N4OS/c17-12(10-6-18-7-14-10)13-5-11-15-8-3-1-2-4-9(8)16-11/h1-4,10,14H,5-7H2,(H,13,17)(H,15,16). The molecule has 2 aromatic rings. The van der Waals surface area contributed by atoms with Gasteiger partial charge in [-0.2, -0.15) is 0 Å². The Morgan fingerprint density at radius 1 is 1.50 bits per heavy atom. The van der Waals surface area contributed by atoms with Crippen LogP contribution in [0.15, 0.2) is 24.3 Å². The summed E-state index contributed by atoms with van der Waals surface area (Å²) in [5.41, 5.74) is 1.92. The van der Waals surface area contributed by atoms with E-state index in [1.54, 1.807) is 11.8 Å². The van der Waals surface area contributed by atoms with Crippen molar-refractivity contribution in [2.45, 2.75) is 12.6 Å². The average Bonchev–Trinajstić information content (AvgIpc) is 3.04. The van der Waals surface area contributed by atoms with Crippen LogP contribution in [0.3, 0.4) is 0 Å². The van der Waals surface area contributed by atoms with Gasteiger partial charge >= 0.3 is 0 Å². The zero-order chi connectivity index (χ0) is 12.4. The first-order valence-corrected chi connectivity index (χ1v) is 7.01. The fourth-order valence-corrected chi connectivity index (χ4v) is 2.89. The van der Waals surface area contributed by atoms with Gasteiger partial charge in [-0.15, -0.1) is 11.8 Å². The highest BCUT2D eigenvalue weighted by Gasteiger charge is 2.22. The van der Waals surface area contributed by atoms with Gasteiger partial charge in [-0.25, -0.2) is 4.98 Å². The summed E-state index contributed by atoms with van der Waals surface area (Å²) in [6.45, 7) is 0.441. The Morgan fingerprint density at radius 3 is 3.17 bits per heavy atom. The number of hydrogen-bond donors (Lipinski definition) is 3. The number of amides is 1. The number of aromatic amines is 1. The SMILES string of the molecule is O=C(NCc1nc2ccccc2[nH]1)C1CSCN1. The maximum atomic E-state index is 11.8. The molecule has 1 fully saturated rings. The zero-order valence-electron chi connectivity index (χ0n) is 9.77. The van der Waals surface area contributed by atoms with Gasteiger partial charge in [-0.3, -0.25) is 10.1 Å². The van der Waals surface area contributed by atoms with Crippen LogP contribution >= 0.6 is 11.8 Å². The van der Waals surface area contributed by atoms with Gasteiger partial charge in [0, 0.05) is 11.6 Å². The molecule has 3 rings (SSSR count). The number of benzene rings is 1. The predicted molar refractivity (Wildman–Crippen MR) is 72.2 cm³/mol. The molecule has 1 saturated heterocycles. The molecule has 5 nitrogen and oxygen atoms in total. The number of aromatic nitrogens is 2. The van der Waals surface area contributed by atoms with Crippen LogP contribution in [0.5, 0.6) is 0 Å². The van der Waals surface area contributed by atoms with Crippen molar-refractivity contribution in [2.24, 2.45) is 0 Å². The smallest absolute Gasteiger partial charge is 0.238 e.